The molecule has 29 heavy (non-hydrogen) atoms. The van der Waals surface area contributed by atoms with E-state index >= 15 is 0 Å². The van der Waals surface area contributed by atoms with E-state index < -0.39 is 0 Å². The molecule has 2 saturated heterocycles. The van der Waals surface area contributed by atoms with E-state index in [0.717, 1.165) is 51.1 Å². The molecule has 0 aliphatic carbocycles. The number of urea groups is 1. The molecule has 0 aromatic heterocycles. The molecule has 0 spiro atoms. The number of ether oxygens (including phenoxy) is 3. The van der Waals surface area contributed by atoms with E-state index in [1.807, 2.05) is 11.8 Å². The fraction of sp³-hybridized carbons (Fsp3) is 0.947. The molecule has 4 N–H and O–H groups in total. The van der Waals surface area contributed by atoms with E-state index in [1.165, 1.54) is 6.42 Å². The first-order chi connectivity index (χ1) is 13.8. The first kappa shape index (κ1) is 28.1. The van der Waals surface area contributed by atoms with Crippen molar-refractivity contribution in [3.8, 4) is 0 Å². The van der Waals surface area contributed by atoms with E-state index in [1.54, 1.807) is 0 Å². The van der Waals surface area contributed by atoms with Gasteiger partial charge >= 0.3 is 57.4 Å². The molecule has 164 valence electrons. The van der Waals surface area contributed by atoms with Crippen molar-refractivity contribution in [2.24, 2.45) is 5.73 Å². The summed E-state index contributed by atoms with van der Waals surface area (Å²) in [5.74, 6) is 1.03. The van der Waals surface area contributed by atoms with Crippen LogP contribution in [0.25, 0.3) is 5.32 Å². The maximum Gasteiger partial charge on any atom is 1.00 e. The standard InChI is InChI=1S/C19H37N4O4S.K/c20-6-3-9-25-11-13-27-14-12-26-10-4-8-21-7-2-1-5-17-18-16(15-28-17)22-19(24)23-18;/h16-18H,1-15,20H2,(H2,22,23,24);/q-1;+1. The first-order valence-electron chi connectivity index (χ1n) is 10.6. The topological polar surface area (TPSA) is 109 Å². The largest absolute Gasteiger partial charge is 1.00 e. The molecule has 0 bridgehead atoms. The normalized spacial score (nSPS) is 22.8. The minimum Gasteiger partial charge on any atom is -0.662 e. The van der Waals surface area contributed by atoms with Crippen LogP contribution in [0.15, 0.2) is 0 Å². The summed E-state index contributed by atoms with van der Waals surface area (Å²) in [4.78, 5) is 11.4. The van der Waals surface area contributed by atoms with Gasteiger partial charge in [-0.1, -0.05) is 12.8 Å². The summed E-state index contributed by atoms with van der Waals surface area (Å²) in [5.41, 5.74) is 5.38. The summed E-state index contributed by atoms with van der Waals surface area (Å²) < 4.78 is 16.3. The van der Waals surface area contributed by atoms with Gasteiger partial charge in [-0.05, 0) is 25.8 Å². The number of amides is 2. The molecule has 10 heteroatoms. The van der Waals surface area contributed by atoms with Crippen molar-refractivity contribution in [3.05, 3.63) is 5.32 Å². The molecule has 3 atom stereocenters. The van der Waals surface area contributed by atoms with Gasteiger partial charge in [0.1, 0.15) is 0 Å². The van der Waals surface area contributed by atoms with Gasteiger partial charge in [0.25, 0.3) is 0 Å². The maximum absolute atomic E-state index is 11.4. The SMILES string of the molecule is NCCCOCCOCCOCCC[N-]CCCCC1SCC2NC(=O)NC21.[K+]. The summed E-state index contributed by atoms with van der Waals surface area (Å²) in [6, 6.07) is 0.642. The third-order valence-corrected chi connectivity index (χ3v) is 6.34. The van der Waals surface area contributed by atoms with Crippen molar-refractivity contribution in [2.75, 3.05) is 65.0 Å². The Hall–Kier alpha value is 1.06. The molecule has 2 aliphatic heterocycles. The Labute approximate surface area is 222 Å². The summed E-state index contributed by atoms with van der Waals surface area (Å²) >= 11 is 1.98. The second-order valence-corrected chi connectivity index (χ2v) is 8.39. The van der Waals surface area contributed by atoms with Gasteiger partial charge in [-0.25, -0.2) is 4.79 Å². The van der Waals surface area contributed by atoms with E-state index in [9.17, 15) is 4.79 Å². The molecule has 2 fully saturated rings. The van der Waals surface area contributed by atoms with E-state index in [2.05, 4.69) is 16.0 Å². The van der Waals surface area contributed by atoms with E-state index in [0.29, 0.717) is 56.9 Å². The molecule has 2 heterocycles. The number of hydrogen-bond acceptors (Lipinski definition) is 6. The Morgan fingerprint density at radius 3 is 2.31 bits per heavy atom. The number of rotatable bonds is 18. The van der Waals surface area contributed by atoms with Crippen LogP contribution in [0.4, 0.5) is 4.79 Å². The Bertz CT molecular complexity index is 426. The van der Waals surface area contributed by atoms with Crippen LogP contribution in [0, 0.1) is 0 Å². The number of nitrogens with zero attached hydrogens (tertiary/aromatic N) is 1. The van der Waals surface area contributed by atoms with Crippen LogP contribution in [0.3, 0.4) is 0 Å². The van der Waals surface area contributed by atoms with Crippen LogP contribution in [0.5, 0.6) is 0 Å². The van der Waals surface area contributed by atoms with E-state index in [4.69, 9.17) is 19.9 Å². The number of thioether (sulfide) groups is 1. The van der Waals surface area contributed by atoms with Crippen molar-refractivity contribution < 1.29 is 70.4 Å². The molecule has 2 rings (SSSR count). The molecular formula is C19H37KN4O4S. The number of carbonyl (C=O) groups is 1. The van der Waals surface area contributed by atoms with Crippen molar-refractivity contribution >= 4 is 17.8 Å². The van der Waals surface area contributed by atoms with Crippen LogP contribution in [0.2, 0.25) is 0 Å². The zero-order chi connectivity index (χ0) is 19.9. The molecule has 2 aliphatic rings. The van der Waals surface area contributed by atoms with Gasteiger partial charge in [-0.15, -0.1) is 13.1 Å². The number of fused-ring (bicyclic) bond motifs is 1. The van der Waals surface area contributed by atoms with Crippen molar-refractivity contribution in [1.29, 1.82) is 0 Å². The number of nitrogens with two attached hydrogens (primary N) is 1. The van der Waals surface area contributed by atoms with Crippen LogP contribution < -0.4 is 67.8 Å². The summed E-state index contributed by atoms with van der Waals surface area (Å²) in [7, 11) is 0. The van der Waals surface area contributed by atoms with Gasteiger partial charge < -0.3 is 35.9 Å². The molecule has 2 amide bonds. The van der Waals surface area contributed by atoms with Crippen LogP contribution in [-0.2, 0) is 14.2 Å². The zero-order valence-corrected chi connectivity index (χ0v) is 21.8. The number of nitrogens with one attached hydrogen (secondary N) is 2. The minimum absolute atomic E-state index is 0. The average molecular weight is 457 g/mol. The molecule has 3 unspecified atom stereocenters. The Kier molecular flexibility index (Phi) is 18.0. The van der Waals surface area contributed by atoms with Gasteiger partial charge in [0, 0.05) is 24.2 Å². The molecule has 0 radical (unpaired) electrons. The second-order valence-electron chi connectivity index (χ2n) is 7.12. The third-order valence-electron chi connectivity index (χ3n) is 4.83. The van der Waals surface area contributed by atoms with Gasteiger partial charge in [-0.3, -0.25) is 0 Å². The monoisotopic (exact) mass is 456 g/mol. The summed E-state index contributed by atoms with van der Waals surface area (Å²) in [6.45, 7) is 6.33. The van der Waals surface area contributed by atoms with Gasteiger partial charge in [0.05, 0.1) is 38.5 Å². The smallest absolute Gasteiger partial charge is 0.662 e. The molecular weight excluding hydrogens is 419 g/mol. The predicted octanol–water partition coefficient (Wildman–Crippen LogP) is -1.51. The Morgan fingerprint density at radius 1 is 0.931 bits per heavy atom. The van der Waals surface area contributed by atoms with Crippen molar-refractivity contribution in [3.63, 3.8) is 0 Å². The number of unbranched alkanes of at least 4 members (excludes halogenated alkanes) is 1. The van der Waals surface area contributed by atoms with Crippen LogP contribution >= 0.6 is 11.8 Å². The molecule has 0 saturated carbocycles. The maximum atomic E-state index is 11.4. The number of hydrogen-bond donors (Lipinski definition) is 3. The second kappa shape index (κ2) is 18.6. The van der Waals surface area contributed by atoms with Crippen molar-refractivity contribution in [2.45, 2.75) is 49.4 Å². The minimum atomic E-state index is -0.00331. The van der Waals surface area contributed by atoms with Gasteiger partial charge in [0.15, 0.2) is 0 Å². The van der Waals surface area contributed by atoms with Crippen LogP contribution in [0.1, 0.15) is 32.1 Å². The summed E-state index contributed by atoms with van der Waals surface area (Å²) in [6.07, 6.45) is 5.31. The van der Waals surface area contributed by atoms with Crippen LogP contribution in [-0.4, -0.2) is 88.4 Å². The zero-order valence-electron chi connectivity index (χ0n) is 17.9. The summed E-state index contributed by atoms with van der Waals surface area (Å²) in [5, 5.41) is 11.2. The quantitative estimate of drug-likeness (QED) is 0.131. The van der Waals surface area contributed by atoms with Crippen molar-refractivity contribution in [1.82, 2.24) is 10.6 Å². The molecule has 0 aromatic carbocycles. The van der Waals surface area contributed by atoms with Gasteiger partial charge in [0.2, 0.25) is 0 Å². The average Bonchev–Trinajstić information content (AvgIpc) is 3.23. The third kappa shape index (κ3) is 12.6. The Morgan fingerprint density at radius 2 is 1.59 bits per heavy atom. The first-order valence-corrected chi connectivity index (χ1v) is 11.6. The van der Waals surface area contributed by atoms with Gasteiger partial charge in [-0.2, -0.15) is 11.8 Å². The fourth-order valence-corrected chi connectivity index (χ4v) is 4.87. The molecule has 0 aromatic rings. The predicted molar refractivity (Wildman–Crippen MR) is 113 cm³/mol. The number of carbonyl (C=O) groups excluding carboxylic acids is 1. The Balaban J connectivity index is 0.00000420. The fourth-order valence-electron chi connectivity index (χ4n) is 3.33. The van der Waals surface area contributed by atoms with E-state index in [-0.39, 0.29) is 57.4 Å². The molecule has 8 nitrogen and oxygen atoms in total.